The summed E-state index contributed by atoms with van der Waals surface area (Å²) in [7, 11) is 1.75. The minimum Gasteiger partial charge on any atom is -0.344 e. The third-order valence-electron chi connectivity index (χ3n) is 3.71. The molecule has 2 amide bonds. The number of likely N-dealkylation sites (N-methyl/N-ethyl adjacent to an activating group) is 1. The average Bonchev–Trinajstić information content (AvgIpc) is 2.59. The predicted octanol–water partition coefficient (Wildman–Crippen LogP) is 0.990. The summed E-state index contributed by atoms with van der Waals surface area (Å²) in [5, 5.41) is 3.18. The average molecular weight is 275 g/mol. The molecule has 0 aromatic heterocycles. The molecule has 2 rings (SSSR count). The summed E-state index contributed by atoms with van der Waals surface area (Å²) in [5.41, 5.74) is 1.87. The van der Waals surface area contributed by atoms with Gasteiger partial charge in [-0.1, -0.05) is 18.2 Å². The SMILES string of the molecule is CCN(C)C(=O)CN1C(=O)C(C)NCc2ccccc21. The zero-order valence-electron chi connectivity index (χ0n) is 12.2. The van der Waals surface area contributed by atoms with E-state index in [-0.39, 0.29) is 24.4 Å². The number of nitrogens with zero attached hydrogens (tertiary/aromatic N) is 2. The lowest BCUT2D eigenvalue weighted by atomic mass is 10.1. The summed E-state index contributed by atoms with van der Waals surface area (Å²) in [6.07, 6.45) is 0. The van der Waals surface area contributed by atoms with E-state index in [2.05, 4.69) is 5.32 Å². The quantitative estimate of drug-likeness (QED) is 0.895. The highest BCUT2D eigenvalue weighted by molar-refractivity contribution is 6.02. The molecule has 1 atom stereocenters. The van der Waals surface area contributed by atoms with E-state index < -0.39 is 0 Å². The van der Waals surface area contributed by atoms with Crippen molar-refractivity contribution in [3.05, 3.63) is 29.8 Å². The van der Waals surface area contributed by atoms with Gasteiger partial charge in [0, 0.05) is 25.8 Å². The summed E-state index contributed by atoms with van der Waals surface area (Å²) in [5.74, 6) is -0.113. The second-order valence-corrected chi connectivity index (χ2v) is 5.06. The van der Waals surface area contributed by atoms with Crippen LogP contribution in [0, 0.1) is 0 Å². The fraction of sp³-hybridized carbons (Fsp3) is 0.467. The van der Waals surface area contributed by atoms with Crippen LogP contribution in [0.4, 0.5) is 5.69 Å². The topological polar surface area (TPSA) is 52.7 Å². The van der Waals surface area contributed by atoms with E-state index in [1.54, 1.807) is 16.8 Å². The summed E-state index contributed by atoms with van der Waals surface area (Å²) in [6.45, 7) is 5.11. The maximum absolute atomic E-state index is 12.4. The first-order chi connectivity index (χ1) is 9.54. The Morgan fingerprint density at radius 3 is 2.85 bits per heavy atom. The molecule has 108 valence electrons. The molecule has 1 N–H and O–H groups in total. The van der Waals surface area contributed by atoms with Gasteiger partial charge in [-0.15, -0.1) is 0 Å². The molecule has 1 heterocycles. The van der Waals surface area contributed by atoms with Gasteiger partial charge in [0.1, 0.15) is 6.54 Å². The van der Waals surface area contributed by atoms with Crippen molar-refractivity contribution in [2.24, 2.45) is 0 Å². The molecule has 1 aromatic carbocycles. The van der Waals surface area contributed by atoms with Gasteiger partial charge in [-0.25, -0.2) is 0 Å². The van der Waals surface area contributed by atoms with Crippen LogP contribution < -0.4 is 10.2 Å². The minimum absolute atomic E-state index is 0.0512. The van der Waals surface area contributed by atoms with Gasteiger partial charge in [-0.05, 0) is 25.5 Å². The van der Waals surface area contributed by atoms with Crippen LogP contribution in [0.5, 0.6) is 0 Å². The zero-order valence-corrected chi connectivity index (χ0v) is 12.2. The number of fused-ring (bicyclic) bond motifs is 1. The normalized spacial score (nSPS) is 18.4. The lowest BCUT2D eigenvalue weighted by Crippen LogP contribution is -2.47. The minimum atomic E-state index is -0.290. The number of rotatable bonds is 3. The summed E-state index contributed by atoms with van der Waals surface area (Å²) in [6, 6.07) is 7.42. The van der Waals surface area contributed by atoms with Crippen LogP contribution in [0.1, 0.15) is 19.4 Å². The summed E-state index contributed by atoms with van der Waals surface area (Å²) in [4.78, 5) is 27.8. The molecular weight excluding hydrogens is 254 g/mol. The van der Waals surface area contributed by atoms with Gasteiger partial charge in [0.25, 0.3) is 0 Å². The van der Waals surface area contributed by atoms with Crippen molar-refractivity contribution in [2.45, 2.75) is 26.4 Å². The molecule has 0 spiro atoms. The van der Waals surface area contributed by atoms with Gasteiger partial charge in [0.2, 0.25) is 11.8 Å². The Kier molecular flexibility index (Phi) is 4.39. The van der Waals surface area contributed by atoms with Gasteiger partial charge in [0.15, 0.2) is 0 Å². The number of carbonyl (C=O) groups is 2. The molecule has 5 nitrogen and oxygen atoms in total. The van der Waals surface area contributed by atoms with Crippen molar-refractivity contribution in [3.8, 4) is 0 Å². The second kappa shape index (κ2) is 6.05. The fourth-order valence-corrected chi connectivity index (χ4v) is 2.22. The molecule has 5 heteroatoms. The first kappa shape index (κ1) is 14.5. The third-order valence-corrected chi connectivity index (χ3v) is 3.71. The maximum Gasteiger partial charge on any atom is 0.244 e. The van der Waals surface area contributed by atoms with Gasteiger partial charge < -0.3 is 15.1 Å². The molecule has 0 fully saturated rings. The fourth-order valence-electron chi connectivity index (χ4n) is 2.22. The van der Waals surface area contributed by atoms with Gasteiger partial charge in [0.05, 0.1) is 6.04 Å². The van der Waals surface area contributed by atoms with Crippen LogP contribution >= 0.6 is 0 Å². The van der Waals surface area contributed by atoms with Crippen LogP contribution in [0.2, 0.25) is 0 Å². The lowest BCUT2D eigenvalue weighted by Gasteiger charge is -2.26. The predicted molar refractivity (Wildman–Crippen MR) is 78.4 cm³/mol. The van der Waals surface area contributed by atoms with Crippen LogP contribution in [0.15, 0.2) is 24.3 Å². The Morgan fingerprint density at radius 2 is 2.15 bits per heavy atom. The number of para-hydroxylation sites is 1. The Bertz CT molecular complexity index is 516. The van der Waals surface area contributed by atoms with Crippen LogP contribution in [0.3, 0.4) is 0 Å². The molecule has 1 unspecified atom stereocenters. The molecule has 0 saturated carbocycles. The largest absolute Gasteiger partial charge is 0.344 e. The number of amides is 2. The van der Waals surface area contributed by atoms with Crippen molar-refractivity contribution < 1.29 is 9.59 Å². The van der Waals surface area contributed by atoms with Crippen molar-refractivity contribution in [1.82, 2.24) is 10.2 Å². The van der Waals surface area contributed by atoms with Crippen molar-refractivity contribution >= 4 is 17.5 Å². The standard InChI is InChI=1S/C15H21N3O2/c1-4-17(3)14(19)10-18-13-8-6-5-7-12(13)9-16-11(2)15(18)20/h5-8,11,16H,4,9-10H2,1-3H3. The van der Waals surface area contributed by atoms with E-state index in [0.29, 0.717) is 13.1 Å². The molecule has 1 aliphatic rings. The van der Waals surface area contributed by atoms with E-state index in [4.69, 9.17) is 0 Å². The summed E-state index contributed by atoms with van der Waals surface area (Å²) >= 11 is 0. The Balaban J connectivity index is 2.32. The second-order valence-electron chi connectivity index (χ2n) is 5.06. The monoisotopic (exact) mass is 275 g/mol. The van der Waals surface area contributed by atoms with Crippen LogP contribution in [-0.2, 0) is 16.1 Å². The number of carbonyl (C=O) groups excluding carboxylic acids is 2. The molecule has 0 radical (unpaired) electrons. The molecule has 1 aromatic rings. The van der Waals surface area contributed by atoms with Crippen molar-refractivity contribution in [1.29, 1.82) is 0 Å². The Labute approximate surface area is 119 Å². The zero-order chi connectivity index (χ0) is 14.7. The third kappa shape index (κ3) is 2.82. The first-order valence-corrected chi connectivity index (χ1v) is 6.91. The van der Waals surface area contributed by atoms with E-state index in [1.807, 2.05) is 38.1 Å². The van der Waals surface area contributed by atoms with E-state index in [9.17, 15) is 9.59 Å². The van der Waals surface area contributed by atoms with Crippen LogP contribution in [-0.4, -0.2) is 42.9 Å². The molecule has 20 heavy (non-hydrogen) atoms. The Morgan fingerprint density at radius 1 is 1.45 bits per heavy atom. The van der Waals surface area contributed by atoms with E-state index >= 15 is 0 Å². The summed E-state index contributed by atoms with van der Waals surface area (Å²) < 4.78 is 0. The first-order valence-electron chi connectivity index (χ1n) is 6.91. The van der Waals surface area contributed by atoms with Crippen molar-refractivity contribution in [3.63, 3.8) is 0 Å². The maximum atomic E-state index is 12.4. The number of nitrogens with one attached hydrogen (secondary N) is 1. The Hall–Kier alpha value is -1.88. The smallest absolute Gasteiger partial charge is 0.244 e. The molecular formula is C15H21N3O2. The highest BCUT2D eigenvalue weighted by Crippen LogP contribution is 2.23. The van der Waals surface area contributed by atoms with Gasteiger partial charge in [-0.3, -0.25) is 9.59 Å². The number of anilines is 1. The molecule has 0 bridgehead atoms. The van der Waals surface area contributed by atoms with Gasteiger partial charge >= 0.3 is 0 Å². The number of hydrogen-bond donors (Lipinski definition) is 1. The molecule has 0 aliphatic carbocycles. The molecule has 1 aliphatic heterocycles. The number of hydrogen-bond acceptors (Lipinski definition) is 3. The van der Waals surface area contributed by atoms with E-state index in [0.717, 1.165) is 11.3 Å². The molecule has 0 saturated heterocycles. The van der Waals surface area contributed by atoms with E-state index in [1.165, 1.54) is 0 Å². The van der Waals surface area contributed by atoms with Gasteiger partial charge in [-0.2, -0.15) is 0 Å². The van der Waals surface area contributed by atoms with Crippen molar-refractivity contribution in [2.75, 3.05) is 25.0 Å². The lowest BCUT2D eigenvalue weighted by molar-refractivity contribution is -0.130. The highest BCUT2D eigenvalue weighted by Gasteiger charge is 2.29. The van der Waals surface area contributed by atoms with Crippen LogP contribution in [0.25, 0.3) is 0 Å². The highest BCUT2D eigenvalue weighted by atomic mass is 16.2. The number of benzene rings is 1.